The fourth-order valence-corrected chi connectivity index (χ4v) is 5.34. The molecular formula is C29H30N2O5. The Kier molecular flexibility index (Phi) is 6.63. The number of Topliss-reactive ketones (excluding diaryl/α,β-unsaturated/α-hetero) is 2. The maximum atomic E-state index is 13.0. The molecule has 0 atom stereocenters. The van der Waals surface area contributed by atoms with Crippen LogP contribution < -0.4 is 20.1 Å². The molecule has 1 heterocycles. The number of para-hydroxylation sites is 1. The van der Waals surface area contributed by atoms with Gasteiger partial charge in [0, 0.05) is 47.0 Å². The van der Waals surface area contributed by atoms with Gasteiger partial charge < -0.3 is 20.1 Å². The molecule has 7 heteroatoms. The van der Waals surface area contributed by atoms with Crippen LogP contribution in [0.25, 0.3) is 0 Å². The van der Waals surface area contributed by atoms with E-state index in [1.54, 1.807) is 6.07 Å². The molecule has 0 saturated carbocycles. The zero-order chi connectivity index (χ0) is 25.2. The summed E-state index contributed by atoms with van der Waals surface area (Å²) in [5.41, 5.74) is 5.80. The second kappa shape index (κ2) is 10.0. The lowest BCUT2D eigenvalue weighted by molar-refractivity contribution is -0.118. The first-order valence-corrected chi connectivity index (χ1v) is 12.4. The van der Waals surface area contributed by atoms with Crippen LogP contribution in [0.3, 0.4) is 0 Å². The Morgan fingerprint density at radius 1 is 0.944 bits per heavy atom. The number of rotatable bonds is 6. The summed E-state index contributed by atoms with van der Waals surface area (Å²) in [7, 11) is 1.54. The van der Waals surface area contributed by atoms with Crippen LogP contribution in [0.4, 0.5) is 5.69 Å². The molecule has 0 radical (unpaired) electrons. The standard InChI is InChI=1S/C29H30N2O5/c1-17-7-3-4-8-19(17)31-26(34)16-36-24-14-13-18(15-25(24)35-2)27-28-20(9-5-11-22(28)32)30-21-10-6-12-23(33)29(21)27/h3-4,7-8,13-15,27,30H,5-6,9-12,16H2,1-2H3,(H,31,34). The van der Waals surface area contributed by atoms with Crippen LogP contribution in [-0.4, -0.2) is 31.2 Å². The number of aryl methyl sites for hydroxylation is 1. The third kappa shape index (κ3) is 4.53. The van der Waals surface area contributed by atoms with Gasteiger partial charge in [0.05, 0.1) is 7.11 Å². The second-order valence-electron chi connectivity index (χ2n) is 9.46. The first kappa shape index (κ1) is 23.9. The predicted octanol–water partition coefficient (Wildman–Crippen LogP) is 4.72. The minimum absolute atomic E-state index is 0.0887. The van der Waals surface area contributed by atoms with Crippen molar-refractivity contribution in [3.05, 3.63) is 76.1 Å². The lowest BCUT2D eigenvalue weighted by atomic mass is 9.71. The number of ketones is 2. The summed E-state index contributed by atoms with van der Waals surface area (Å²) in [5, 5.41) is 6.29. The van der Waals surface area contributed by atoms with Crippen LogP contribution in [0.1, 0.15) is 55.6 Å². The second-order valence-corrected chi connectivity index (χ2v) is 9.46. The highest BCUT2D eigenvalue weighted by molar-refractivity contribution is 6.06. The SMILES string of the molecule is COc1cc(C2C3=C(CCCC3=O)NC3=C2C(=O)CCC3)ccc1OCC(=O)Nc1ccccc1C. The van der Waals surface area contributed by atoms with Gasteiger partial charge in [0.2, 0.25) is 0 Å². The first-order chi connectivity index (χ1) is 17.5. The summed E-state index contributed by atoms with van der Waals surface area (Å²) in [6, 6.07) is 13.0. The molecule has 2 aromatic rings. The number of hydrogen-bond acceptors (Lipinski definition) is 6. The van der Waals surface area contributed by atoms with E-state index in [0.29, 0.717) is 35.5 Å². The first-order valence-electron chi connectivity index (χ1n) is 12.4. The Labute approximate surface area is 210 Å². The van der Waals surface area contributed by atoms with Gasteiger partial charge in [-0.3, -0.25) is 14.4 Å². The fourth-order valence-electron chi connectivity index (χ4n) is 5.34. The third-order valence-electron chi connectivity index (χ3n) is 7.09. The quantitative estimate of drug-likeness (QED) is 0.614. The van der Waals surface area contributed by atoms with Crippen molar-refractivity contribution in [2.75, 3.05) is 19.0 Å². The molecule has 2 aliphatic carbocycles. The number of carbonyl (C=O) groups is 3. The molecule has 0 unspecified atom stereocenters. The van der Waals surface area contributed by atoms with E-state index in [-0.39, 0.29) is 24.1 Å². The van der Waals surface area contributed by atoms with Gasteiger partial charge >= 0.3 is 0 Å². The van der Waals surface area contributed by atoms with E-state index < -0.39 is 5.92 Å². The Balaban J connectivity index is 1.42. The van der Waals surface area contributed by atoms with Gasteiger partial charge in [-0.25, -0.2) is 0 Å². The fraction of sp³-hybridized carbons (Fsp3) is 0.345. The molecule has 0 spiro atoms. The van der Waals surface area contributed by atoms with Crippen molar-refractivity contribution >= 4 is 23.2 Å². The van der Waals surface area contributed by atoms with Crippen molar-refractivity contribution in [2.24, 2.45) is 0 Å². The van der Waals surface area contributed by atoms with Crippen molar-refractivity contribution < 1.29 is 23.9 Å². The topological polar surface area (TPSA) is 93.7 Å². The van der Waals surface area contributed by atoms with Crippen molar-refractivity contribution in [1.29, 1.82) is 0 Å². The van der Waals surface area contributed by atoms with E-state index in [1.165, 1.54) is 7.11 Å². The number of amides is 1. The van der Waals surface area contributed by atoms with E-state index >= 15 is 0 Å². The summed E-state index contributed by atoms with van der Waals surface area (Å²) in [6.07, 6.45) is 4.21. The van der Waals surface area contributed by atoms with Gasteiger partial charge in [-0.1, -0.05) is 24.3 Å². The molecule has 7 nitrogen and oxygen atoms in total. The minimum atomic E-state index is -0.413. The van der Waals surface area contributed by atoms with Crippen molar-refractivity contribution in [3.8, 4) is 11.5 Å². The molecule has 0 fully saturated rings. The number of ether oxygens (including phenoxy) is 2. The zero-order valence-corrected chi connectivity index (χ0v) is 20.6. The number of benzene rings is 2. The van der Waals surface area contributed by atoms with Gasteiger partial charge in [0.15, 0.2) is 29.7 Å². The van der Waals surface area contributed by atoms with Gasteiger partial charge in [0.1, 0.15) is 0 Å². The van der Waals surface area contributed by atoms with Crippen LogP contribution in [0, 0.1) is 6.92 Å². The molecule has 186 valence electrons. The predicted molar refractivity (Wildman–Crippen MR) is 136 cm³/mol. The molecule has 0 bridgehead atoms. The molecule has 2 N–H and O–H groups in total. The summed E-state index contributed by atoms with van der Waals surface area (Å²) < 4.78 is 11.4. The van der Waals surface area contributed by atoms with E-state index in [0.717, 1.165) is 53.9 Å². The van der Waals surface area contributed by atoms with E-state index in [9.17, 15) is 14.4 Å². The van der Waals surface area contributed by atoms with Gasteiger partial charge in [-0.05, 0) is 61.9 Å². The number of anilines is 1. The summed E-state index contributed by atoms with van der Waals surface area (Å²) in [4.78, 5) is 38.5. The Morgan fingerprint density at radius 3 is 2.25 bits per heavy atom. The highest BCUT2D eigenvalue weighted by atomic mass is 16.5. The highest BCUT2D eigenvalue weighted by Crippen LogP contribution is 2.46. The lowest BCUT2D eigenvalue weighted by Crippen LogP contribution is -2.36. The molecule has 36 heavy (non-hydrogen) atoms. The largest absolute Gasteiger partial charge is 0.493 e. The lowest BCUT2D eigenvalue weighted by Gasteiger charge is -2.37. The van der Waals surface area contributed by atoms with Crippen LogP contribution >= 0.6 is 0 Å². The Bertz CT molecular complexity index is 1260. The average molecular weight is 487 g/mol. The van der Waals surface area contributed by atoms with Crippen molar-refractivity contribution in [2.45, 2.75) is 51.4 Å². The van der Waals surface area contributed by atoms with Gasteiger partial charge in [0.25, 0.3) is 5.91 Å². The molecular weight excluding hydrogens is 456 g/mol. The maximum absolute atomic E-state index is 13.0. The van der Waals surface area contributed by atoms with Crippen molar-refractivity contribution in [1.82, 2.24) is 5.32 Å². The molecule has 3 aliphatic rings. The Hall–Kier alpha value is -3.87. The molecule has 1 amide bonds. The zero-order valence-electron chi connectivity index (χ0n) is 20.6. The molecule has 0 saturated heterocycles. The minimum Gasteiger partial charge on any atom is -0.493 e. The van der Waals surface area contributed by atoms with Gasteiger partial charge in [-0.2, -0.15) is 0 Å². The van der Waals surface area contributed by atoms with Crippen LogP contribution in [0.5, 0.6) is 11.5 Å². The normalized spacial score (nSPS) is 17.8. The number of dihydropyridines is 1. The van der Waals surface area contributed by atoms with E-state index in [4.69, 9.17) is 9.47 Å². The van der Waals surface area contributed by atoms with Gasteiger partial charge in [-0.15, -0.1) is 0 Å². The summed E-state index contributed by atoms with van der Waals surface area (Å²) >= 11 is 0. The summed E-state index contributed by atoms with van der Waals surface area (Å²) in [5.74, 6) is 0.355. The number of hydrogen-bond donors (Lipinski definition) is 2. The Morgan fingerprint density at radius 2 is 1.61 bits per heavy atom. The molecule has 1 aliphatic heterocycles. The third-order valence-corrected chi connectivity index (χ3v) is 7.09. The number of methoxy groups -OCH3 is 1. The van der Waals surface area contributed by atoms with Crippen LogP contribution in [0.2, 0.25) is 0 Å². The average Bonchev–Trinajstić information content (AvgIpc) is 2.88. The molecule has 0 aromatic heterocycles. The molecule has 2 aromatic carbocycles. The summed E-state index contributed by atoms with van der Waals surface area (Å²) in [6.45, 7) is 1.74. The van der Waals surface area contributed by atoms with Crippen LogP contribution in [-0.2, 0) is 14.4 Å². The number of nitrogens with one attached hydrogen (secondary N) is 2. The monoisotopic (exact) mass is 486 g/mol. The number of allylic oxidation sites excluding steroid dienone is 4. The van der Waals surface area contributed by atoms with E-state index in [1.807, 2.05) is 43.3 Å². The van der Waals surface area contributed by atoms with E-state index in [2.05, 4.69) is 10.6 Å². The highest BCUT2D eigenvalue weighted by Gasteiger charge is 2.40. The number of carbonyl (C=O) groups excluding carboxylic acids is 3. The smallest absolute Gasteiger partial charge is 0.262 e. The van der Waals surface area contributed by atoms with Crippen molar-refractivity contribution in [3.63, 3.8) is 0 Å². The van der Waals surface area contributed by atoms with Crippen LogP contribution in [0.15, 0.2) is 65.0 Å². The maximum Gasteiger partial charge on any atom is 0.262 e. The molecule has 5 rings (SSSR count).